The minimum absolute atomic E-state index is 0.0286. The van der Waals surface area contributed by atoms with Crippen LogP contribution in [0.15, 0.2) is 18.2 Å². The Morgan fingerprint density at radius 1 is 1.19 bits per heavy atom. The van der Waals surface area contributed by atoms with Crippen molar-refractivity contribution in [3.8, 4) is 11.5 Å². The molecule has 0 aliphatic carbocycles. The number of amides is 1. The fourth-order valence-corrected chi connectivity index (χ4v) is 3.67. The number of carboxylic acids is 1. The first-order valence-corrected chi connectivity index (χ1v) is 9.01. The van der Waals surface area contributed by atoms with E-state index >= 15 is 0 Å². The summed E-state index contributed by atoms with van der Waals surface area (Å²) in [5.41, 5.74) is 0.724. The van der Waals surface area contributed by atoms with E-state index in [1.807, 2.05) is 11.8 Å². The molecule has 142 valence electrons. The fraction of sp³-hybridized carbons (Fsp3) is 0.579. The molecular formula is C19H25NO6. The Labute approximate surface area is 152 Å². The van der Waals surface area contributed by atoms with Gasteiger partial charge in [-0.3, -0.25) is 4.79 Å². The predicted octanol–water partition coefficient (Wildman–Crippen LogP) is 2.19. The van der Waals surface area contributed by atoms with Crippen molar-refractivity contribution >= 4 is 11.9 Å². The summed E-state index contributed by atoms with van der Waals surface area (Å²) in [6.45, 7) is 4.82. The average Bonchev–Trinajstić information content (AvgIpc) is 3.04. The number of nitrogens with zero attached hydrogens (tertiary/aromatic N) is 1. The second-order valence-electron chi connectivity index (χ2n) is 6.87. The summed E-state index contributed by atoms with van der Waals surface area (Å²) >= 11 is 0. The third kappa shape index (κ3) is 4.09. The highest BCUT2D eigenvalue weighted by molar-refractivity contribution is 5.95. The lowest BCUT2D eigenvalue weighted by atomic mass is 9.80. The van der Waals surface area contributed by atoms with Crippen molar-refractivity contribution in [1.29, 1.82) is 0 Å². The molecule has 2 saturated heterocycles. The zero-order valence-corrected chi connectivity index (χ0v) is 15.0. The summed E-state index contributed by atoms with van der Waals surface area (Å²) in [5, 5.41) is 8.77. The van der Waals surface area contributed by atoms with E-state index in [-0.39, 0.29) is 11.3 Å². The molecule has 0 bridgehead atoms. The van der Waals surface area contributed by atoms with E-state index in [0.29, 0.717) is 23.7 Å². The number of rotatable bonds is 6. The molecule has 1 aromatic rings. The van der Waals surface area contributed by atoms with Crippen molar-refractivity contribution in [2.75, 3.05) is 39.5 Å². The van der Waals surface area contributed by atoms with Gasteiger partial charge in [0.15, 0.2) is 18.1 Å². The number of ether oxygens (including phenoxy) is 3. The van der Waals surface area contributed by atoms with E-state index in [1.165, 1.54) is 0 Å². The summed E-state index contributed by atoms with van der Waals surface area (Å²) < 4.78 is 16.2. The second kappa shape index (κ2) is 7.95. The monoisotopic (exact) mass is 363 g/mol. The molecule has 0 saturated carbocycles. The molecule has 3 rings (SSSR count). The molecule has 1 amide bonds. The van der Waals surface area contributed by atoms with Crippen molar-refractivity contribution in [3.05, 3.63) is 23.8 Å². The van der Waals surface area contributed by atoms with Gasteiger partial charge in [0.25, 0.3) is 5.91 Å². The van der Waals surface area contributed by atoms with Crippen molar-refractivity contribution < 1.29 is 28.9 Å². The van der Waals surface area contributed by atoms with Crippen LogP contribution >= 0.6 is 0 Å². The average molecular weight is 363 g/mol. The first kappa shape index (κ1) is 18.5. The van der Waals surface area contributed by atoms with Gasteiger partial charge in [0, 0.05) is 31.9 Å². The van der Waals surface area contributed by atoms with E-state index < -0.39 is 12.6 Å². The fourth-order valence-electron chi connectivity index (χ4n) is 3.67. The van der Waals surface area contributed by atoms with Gasteiger partial charge in [0.1, 0.15) is 0 Å². The smallest absolute Gasteiger partial charge is 0.341 e. The highest BCUT2D eigenvalue weighted by Crippen LogP contribution is 2.40. The van der Waals surface area contributed by atoms with Crippen LogP contribution in [0.25, 0.3) is 0 Å². The number of hydrogen-bond acceptors (Lipinski definition) is 5. The van der Waals surface area contributed by atoms with E-state index in [1.54, 1.807) is 18.2 Å². The molecule has 7 heteroatoms. The molecule has 2 heterocycles. The van der Waals surface area contributed by atoms with Crippen LogP contribution in [0.2, 0.25) is 0 Å². The Balaban J connectivity index is 1.72. The normalized spacial score (nSPS) is 18.7. The van der Waals surface area contributed by atoms with Crippen molar-refractivity contribution in [3.63, 3.8) is 0 Å². The van der Waals surface area contributed by atoms with E-state index in [4.69, 9.17) is 19.3 Å². The lowest BCUT2D eigenvalue weighted by Crippen LogP contribution is -2.35. The zero-order chi connectivity index (χ0) is 18.6. The van der Waals surface area contributed by atoms with Crippen LogP contribution in [0.4, 0.5) is 0 Å². The largest absolute Gasteiger partial charge is 0.490 e. The van der Waals surface area contributed by atoms with Crippen LogP contribution < -0.4 is 9.47 Å². The number of carbonyl (C=O) groups excluding carboxylic acids is 1. The van der Waals surface area contributed by atoms with Gasteiger partial charge in [-0.2, -0.15) is 0 Å². The summed E-state index contributed by atoms with van der Waals surface area (Å²) in [4.78, 5) is 25.5. The summed E-state index contributed by atoms with van der Waals surface area (Å²) in [5.74, 6) is -0.377. The summed E-state index contributed by atoms with van der Waals surface area (Å²) in [7, 11) is 0. The molecule has 1 aromatic carbocycles. The van der Waals surface area contributed by atoms with Gasteiger partial charge < -0.3 is 24.2 Å². The first-order valence-electron chi connectivity index (χ1n) is 9.01. The summed E-state index contributed by atoms with van der Waals surface area (Å²) in [6.07, 6.45) is 3.02. The van der Waals surface area contributed by atoms with Crippen LogP contribution in [-0.4, -0.2) is 61.4 Å². The molecule has 1 spiro atoms. The minimum Gasteiger partial charge on any atom is -0.490 e. The lowest BCUT2D eigenvalue weighted by molar-refractivity contribution is -0.139. The Bertz CT molecular complexity index is 668. The first-order chi connectivity index (χ1) is 12.5. The highest BCUT2D eigenvalue weighted by atomic mass is 16.5. The van der Waals surface area contributed by atoms with Crippen molar-refractivity contribution in [2.24, 2.45) is 5.41 Å². The summed E-state index contributed by atoms with van der Waals surface area (Å²) in [6, 6.07) is 4.90. The van der Waals surface area contributed by atoms with Gasteiger partial charge in [-0.1, -0.05) is 0 Å². The van der Waals surface area contributed by atoms with Crippen LogP contribution in [0.3, 0.4) is 0 Å². The van der Waals surface area contributed by atoms with Gasteiger partial charge in [0.2, 0.25) is 0 Å². The quantitative estimate of drug-likeness (QED) is 0.834. The molecule has 7 nitrogen and oxygen atoms in total. The molecule has 26 heavy (non-hydrogen) atoms. The molecule has 0 atom stereocenters. The van der Waals surface area contributed by atoms with Gasteiger partial charge >= 0.3 is 5.97 Å². The third-order valence-corrected chi connectivity index (χ3v) is 5.12. The molecule has 2 aliphatic rings. The maximum Gasteiger partial charge on any atom is 0.341 e. The molecule has 2 fully saturated rings. The number of likely N-dealkylation sites (tertiary alicyclic amines) is 1. The molecule has 0 aromatic heterocycles. The Kier molecular flexibility index (Phi) is 5.66. The van der Waals surface area contributed by atoms with Crippen LogP contribution in [0.5, 0.6) is 11.5 Å². The van der Waals surface area contributed by atoms with Gasteiger partial charge in [0.05, 0.1) is 6.61 Å². The Hall–Kier alpha value is -2.28. The van der Waals surface area contributed by atoms with Crippen LogP contribution in [-0.2, 0) is 9.53 Å². The topological polar surface area (TPSA) is 85.3 Å². The van der Waals surface area contributed by atoms with Gasteiger partial charge in [-0.15, -0.1) is 0 Å². The van der Waals surface area contributed by atoms with E-state index in [2.05, 4.69) is 0 Å². The Morgan fingerprint density at radius 3 is 2.65 bits per heavy atom. The van der Waals surface area contributed by atoms with Crippen LogP contribution in [0.1, 0.15) is 36.5 Å². The number of benzene rings is 1. The molecule has 0 radical (unpaired) electrons. The lowest BCUT2D eigenvalue weighted by Gasteiger charge is -2.33. The van der Waals surface area contributed by atoms with E-state index in [9.17, 15) is 9.59 Å². The number of aliphatic carboxylic acids is 1. The standard InChI is InChI=1S/C19H25NO6/c1-2-25-16-11-14(3-4-15(16)26-12-17(21)22)18(23)20-8-5-19(13-20)6-9-24-10-7-19/h3-4,11H,2,5-10,12-13H2,1H3,(H,21,22). The molecule has 1 N–H and O–H groups in total. The van der Waals surface area contributed by atoms with E-state index in [0.717, 1.165) is 45.6 Å². The highest BCUT2D eigenvalue weighted by Gasteiger charge is 2.41. The van der Waals surface area contributed by atoms with Crippen LogP contribution in [0, 0.1) is 5.41 Å². The second-order valence-corrected chi connectivity index (χ2v) is 6.87. The maximum atomic E-state index is 12.9. The minimum atomic E-state index is -1.06. The van der Waals surface area contributed by atoms with Gasteiger partial charge in [-0.05, 0) is 49.8 Å². The van der Waals surface area contributed by atoms with Crippen molar-refractivity contribution in [1.82, 2.24) is 4.90 Å². The number of hydrogen-bond donors (Lipinski definition) is 1. The molecule has 0 unspecified atom stereocenters. The molecular weight excluding hydrogens is 338 g/mol. The number of carbonyl (C=O) groups is 2. The third-order valence-electron chi connectivity index (χ3n) is 5.12. The molecule has 2 aliphatic heterocycles. The van der Waals surface area contributed by atoms with Crippen molar-refractivity contribution in [2.45, 2.75) is 26.2 Å². The predicted molar refractivity (Wildman–Crippen MR) is 93.7 cm³/mol. The SMILES string of the molecule is CCOc1cc(C(=O)N2CCC3(CCOCC3)C2)ccc1OCC(=O)O. The number of carboxylic acid groups (broad SMARTS) is 1. The van der Waals surface area contributed by atoms with Gasteiger partial charge in [-0.25, -0.2) is 4.79 Å². The Morgan fingerprint density at radius 2 is 1.96 bits per heavy atom. The zero-order valence-electron chi connectivity index (χ0n) is 15.0. The maximum absolute atomic E-state index is 12.9.